The molecule has 0 aliphatic carbocycles. The van der Waals surface area contributed by atoms with E-state index in [2.05, 4.69) is 20.5 Å². The molecule has 0 atom stereocenters. The van der Waals surface area contributed by atoms with Gasteiger partial charge >= 0.3 is 6.03 Å². The minimum atomic E-state index is -0.659. The normalized spacial score (nSPS) is 10.2. The Morgan fingerprint density at radius 1 is 1.67 bits per heavy atom. The van der Waals surface area contributed by atoms with Crippen molar-refractivity contribution in [3.63, 3.8) is 0 Å². The summed E-state index contributed by atoms with van der Waals surface area (Å²) >= 11 is 0. The zero-order valence-electron chi connectivity index (χ0n) is 7.94. The van der Waals surface area contributed by atoms with Gasteiger partial charge in [0.15, 0.2) is 0 Å². The summed E-state index contributed by atoms with van der Waals surface area (Å²) < 4.78 is 4.99. The number of primary amides is 1. The van der Waals surface area contributed by atoms with E-state index >= 15 is 0 Å². The molecule has 2 aromatic heterocycles. The van der Waals surface area contributed by atoms with E-state index in [-0.39, 0.29) is 0 Å². The Kier molecular flexibility index (Phi) is 2.13. The Morgan fingerprint density at radius 2 is 2.47 bits per heavy atom. The third-order valence-corrected chi connectivity index (χ3v) is 1.86. The highest BCUT2D eigenvalue weighted by Crippen LogP contribution is 2.22. The first-order valence-electron chi connectivity index (χ1n) is 4.15. The predicted molar refractivity (Wildman–Crippen MR) is 53.6 cm³/mol. The number of nitrogens with one attached hydrogen (secondary N) is 2. The van der Waals surface area contributed by atoms with E-state index in [1.807, 2.05) is 0 Å². The summed E-state index contributed by atoms with van der Waals surface area (Å²) in [5.74, 6) is 0.824. The van der Waals surface area contributed by atoms with Crippen LogP contribution < -0.4 is 15.8 Å². The maximum Gasteiger partial charge on any atom is 0.317 e. The summed E-state index contributed by atoms with van der Waals surface area (Å²) in [6.07, 6.45) is 1.54. The van der Waals surface area contributed by atoms with Crippen molar-refractivity contribution in [3.05, 3.63) is 12.3 Å². The monoisotopic (exact) mass is 207 g/mol. The van der Waals surface area contributed by atoms with Crippen molar-refractivity contribution < 1.29 is 9.53 Å². The Bertz CT molecular complexity index is 507. The second-order valence-corrected chi connectivity index (χ2v) is 2.84. The molecule has 78 valence electrons. The van der Waals surface area contributed by atoms with Gasteiger partial charge in [-0.25, -0.2) is 9.78 Å². The first-order chi connectivity index (χ1) is 7.20. The second-order valence-electron chi connectivity index (χ2n) is 2.84. The van der Waals surface area contributed by atoms with Gasteiger partial charge in [-0.05, 0) is 0 Å². The molecule has 0 saturated carbocycles. The number of fused-ring (bicyclic) bond motifs is 1. The number of ether oxygens (including phenoxy) is 1. The number of pyridine rings is 1. The number of carbonyl (C=O) groups excluding carboxylic acids is 1. The minimum Gasteiger partial charge on any atom is -0.479 e. The van der Waals surface area contributed by atoms with Crippen molar-refractivity contribution in [2.75, 3.05) is 12.4 Å². The lowest BCUT2D eigenvalue weighted by molar-refractivity contribution is 0.259. The first kappa shape index (κ1) is 9.25. The number of nitrogens with two attached hydrogens (primary N) is 1. The average molecular weight is 207 g/mol. The van der Waals surface area contributed by atoms with E-state index in [1.165, 1.54) is 7.11 Å². The Hall–Kier alpha value is -2.31. The highest BCUT2D eigenvalue weighted by molar-refractivity contribution is 5.90. The molecule has 2 heterocycles. The van der Waals surface area contributed by atoms with Crippen molar-refractivity contribution in [1.29, 1.82) is 0 Å². The van der Waals surface area contributed by atoms with Crippen LogP contribution in [0, 0.1) is 0 Å². The van der Waals surface area contributed by atoms with Gasteiger partial charge in [-0.1, -0.05) is 0 Å². The zero-order chi connectivity index (χ0) is 10.8. The molecule has 0 radical (unpaired) electrons. The van der Waals surface area contributed by atoms with Crippen LogP contribution in [0.2, 0.25) is 0 Å². The molecular weight excluding hydrogens is 198 g/mol. The fraction of sp³-hybridized carbons (Fsp3) is 0.125. The van der Waals surface area contributed by atoms with E-state index in [9.17, 15) is 4.79 Å². The number of hydrogen-bond donors (Lipinski definition) is 3. The van der Waals surface area contributed by atoms with Gasteiger partial charge < -0.3 is 10.5 Å². The van der Waals surface area contributed by atoms with Gasteiger partial charge in [0.2, 0.25) is 5.88 Å². The van der Waals surface area contributed by atoms with Crippen LogP contribution in [0.4, 0.5) is 10.6 Å². The topological polar surface area (TPSA) is 106 Å². The van der Waals surface area contributed by atoms with Gasteiger partial charge in [0.1, 0.15) is 5.82 Å². The fourth-order valence-corrected chi connectivity index (χ4v) is 1.24. The van der Waals surface area contributed by atoms with Gasteiger partial charge in [0.05, 0.1) is 18.0 Å². The molecule has 7 nitrogen and oxygen atoms in total. The quantitative estimate of drug-likeness (QED) is 0.664. The highest BCUT2D eigenvalue weighted by Gasteiger charge is 2.07. The number of hydrogen-bond acceptors (Lipinski definition) is 4. The third kappa shape index (κ3) is 1.66. The summed E-state index contributed by atoms with van der Waals surface area (Å²) in [5.41, 5.74) is 5.67. The fourth-order valence-electron chi connectivity index (χ4n) is 1.24. The molecule has 0 aliphatic heterocycles. The summed E-state index contributed by atoms with van der Waals surface area (Å²) in [6, 6.07) is 0.962. The number of amides is 2. The maximum absolute atomic E-state index is 10.6. The van der Waals surface area contributed by atoms with Crippen LogP contribution in [0.15, 0.2) is 12.3 Å². The van der Waals surface area contributed by atoms with Crippen molar-refractivity contribution >= 4 is 22.8 Å². The molecule has 0 aromatic carbocycles. The predicted octanol–water partition coefficient (Wildman–Crippen LogP) is 0.457. The lowest BCUT2D eigenvalue weighted by Gasteiger charge is -1.99. The van der Waals surface area contributed by atoms with Gasteiger partial charge in [0, 0.05) is 12.3 Å². The smallest absolute Gasteiger partial charge is 0.317 e. The van der Waals surface area contributed by atoms with Crippen LogP contribution in [0.25, 0.3) is 10.9 Å². The number of aromatic amines is 1. The zero-order valence-corrected chi connectivity index (χ0v) is 7.94. The Balaban J connectivity index is 2.44. The van der Waals surface area contributed by atoms with Gasteiger partial charge in [-0.15, -0.1) is 5.10 Å². The Labute approximate surface area is 84.6 Å². The summed E-state index contributed by atoms with van der Waals surface area (Å²) in [7, 11) is 1.52. The van der Waals surface area contributed by atoms with Crippen molar-refractivity contribution in [1.82, 2.24) is 15.2 Å². The Morgan fingerprint density at radius 3 is 3.13 bits per heavy atom. The summed E-state index contributed by atoms with van der Waals surface area (Å²) in [5, 5.41) is 9.75. The summed E-state index contributed by atoms with van der Waals surface area (Å²) in [6.45, 7) is 0. The largest absolute Gasteiger partial charge is 0.479 e. The number of carbonyl (C=O) groups is 1. The van der Waals surface area contributed by atoms with Crippen molar-refractivity contribution in [2.45, 2.75) is 0 Å². The molecule has 0 saturated heterocycles. The lowest BCUT2D eigenvalue weighted by atomic mass is 10.3. The highest BCUT2D eigenvalue weighted by atomic mass is 16.5. The SMILES string of the molecule is COc1n[nH]c2cc(NC(N)=O)ncc12. The number of methoxy groups -OCH3 is 1. The third-order valence-electron chi connectivity index (χ3n) is 1.86. The standard InChI is InChI=1S/C8H9N5O2/c1-15-7-4-3-10-6(11-8(9)14)2-5(4)12-13-7/h2-3H,1H3,(H,12,13)(H3,9,10,11,14). The molecule has 4 N–H and O–H groups in total. The second kappa shape index (κ2) is 3.45. The number of nitrogens with zero attached hydrogens (tertiary/aromatic N) is 2. The maximum atomic E-state index is 10.6. The van der Waals surface area contributed by atoms with Crippen LogP contribution in [-0.4, -0.2) is 28.3 Å². The number of urea groups is 1. The molecule has 0 unspecified atom stereocenters. The van der Waals surface area contributed by atoms with Crippen LogP contribution in [0.1, 0.15) is 0 Å². The van der Waals surface area contributed by atoms with E-state index < -0.39 is 6.03 Å². The lowest BCUT2D eigenvalue weighted by Crippen LogP contribution is -2.19. The molecular formula is C8H9N5O2. The number of aromatic nitrogens is 3. The van der Waals surface area contributed by atoms with Crippen molar-refractivity contribution in [2.24, 2.45) is 5.73 Å². The molecule has 0 spiro atoms. The molecule has 0 fully saturated rings. The summed E-state index contributed by atoms with van der Waals surface area (Å²) in [4.78, 5) is 14.6. The average Bonchev–Trinajstić information content (AvgIpc) is 2.58. The van der Waals surface area contributed by atoms with Gasteiger partial charge in [-0.3, -0.25) is 10.4 Å². The van der Waals surface area contributed by atoms with Crippen LogP contribution in [-0.2, 0) is 0 Å². The molecule has 15 heavy (non-hydrogen) atoms. The molecule has 2 rings (SSSR count). The van der Waals surface area contributed by atoms with Crippen LogP contribution in [0.3, 0.4) is 0 Å². The molecule has 2 amide bonds. The number of rotatable bonds is 2. The van der Waals surface area contributed by atoms with E-state index in [0.29, 0.717) is 17.2 Å². The minimum absolute atomic E-state index is 0.362. The van der Waals surface area contributed by atoms with Gasteiger partial charge in [0.25, 0.3) is 0 Å². The molecule has 0 aliphatic rings. The van der Waals surface area contributed by atoms with E-state index in [1.54, 1.807) is 12.3 Å². The van der Waals surface area contributed by atoms with Crippen LogP contribution >= 0.6 is 0 Å². The number of H-pyrrole nitrogens is 1. The van der Waals surface area contributed by atoms with E-state index in [4.69, 9.17) is 10.5 Å². The van der Waals surface area contributed by atoms with Crippen LogP contribution in [0.5, 0.6) is 5.88 Å². The molecule has 2 aromatic rings. The number of anilines is 1. The first-order valence-corrected chi connectivity index (χ1v) is 4.15. The molecule has 7 heteroatoms. The van der Waals surface area contributed by atoms with Crippen molar-refractivity contribution in [3.8, 4) is 5.88 Å². The van der Waals surface area contributed by atoms with Gasteiger partial charge in [-0.2, -0.15) is 0 Å². The molecule has 0 bridgehead atoms. The van der Waals surface area contributed by atoms with E-state index in [0.717, 1.165) is 5.39 Å².